The Bertz CT molecular complexity index is 2210. The van der Waals surface area contributed by atoms with Crippen molar-refractivity contribution >= 4 is 16.1 Å². The van der Waals surface area contributed by atoms with Crippen molar-refractivity contribution in [3.05, 3.63) is 106 Å². The van der Waals surface area contributed by atoms with Gasteiger partial charge in [-0.1, -0.05) is 79.6 Å². The van der Waals surface area contributed by atoms with E-state index in [1.807, 2.05) is 60.7 Å². The fourth-order valence-corrected chi connectivity index (χ4v) is 11.5. The van der Waals surface area contributed by atoms with Crippen LogP contribution in [0, 0.1) is 29.6 Å². The fraction of sp³-hybridized carbons (Fsp3) is 0.500. The van der Waals surface area contributed by atoms with Gasteiger partial charge in [0.25, 0.3) is 0 Å². The number of aliphatic hydroxyl groups excluding tert-OH is 1. The zero-order valence-corrected chi connectivity index (χ0v) is 36.6. The van der Waals surface area contributed by atoms with Crippen molar-refractivity contribution in [1.82, 2.24) is 0 Å². The molecule has 0 unspecified atom stereocenters. The number of aliphatic imine (C=N–C) groups is 1. The third-order valence-corrected chi connectivity index (χ3v) is 14.6. The molecule has 11 rings (SSSR count). The number of aromatic hydroxyl groups is 1. The number of aliphatic hydroxyl groups is 2. The number of aryl methyl sites for hydroxylation is 1. The van der Waals surface area contributed by atoms with Gasteiger partial charge in [-0.05, 0) is 116 Å². The zero-order chi connectivity index (χ0) is 40.7. The van der Waals surface area contributed by atoms with Crippen LogP contribution < -0.4 is 45.8 Å². The number of rotatable bonds is 6. The van der Waals surface area contributed by atoms with E-state index in [1.165, 1.54) is 0 Å². The first-order valence-corrected chi connectivity index (χ1v) is 22.2. The monoisotopic (exact) mass is 831 g/mol. The van der Waals surface area contributed by atoms with E-state index in [0.717, 1.165) is 41.5 Å². The molecule has 0 radical (unpaired) electrons. The number of phenols is 1. The molecule has 59 heavy (non-hydrogen) atoms. The minimum Gasteiger partial charge on any atom is -0.748 e. The van der Waals surface area contributed by atoms with E-state index in [2.05, 4.69) is 11.8 Å². The molecule has 3 aromatic rings. The van der Waals surface area contributed by atoms with E-state index in [0.29, 0.717) is 74.7 Å². The molecule has 1 saturated carbocycles. The van der Waals surface area contributed by atoms with Crippen LogP contribution in [0.15, 0.2) is 83.4 Å². The fourth-order valence-electron chi connectivity index (χ4n) is 10.5. The summed E-state index contributed by atoms with van der Waals surface area (Å²) < 4.78 is 54.4. The molecule has 6 heterocycles. The number of fused-ring (bicyclic) bond motifs is 7. The molecule has 2 aliphatic carbocycles. The summed E-state index contributed by atoms with van der Waals surface area (Å²) in [6, 6.07) is 20.2. The smallest absolute Gasteiger partial charge is 0.748 e. The van der Waals surface area contributed by atoms with E-state index in [-0.39, 0.29) is 78.2 Å². The number of hydrogen-bond acceptors (Lipinski definition) is 9. The molecule has 6 aliphatic heterocycles. The molecule has 1 saturated heterocycles. The quantitative estimate of drug-likeness (QED) is 0.0614. The van der Waals surface area contributed by atoms with Gasteiger partial charge in [0.1, 0.15) is 17.6 Å². The van der Waals surface area contributed by atoms with Gasteiger partial charge in [-0.25, -0.2) is 13.4 Å². The summed E-state index contributed by atoms with van der Waals surface area (Å²) in [5.41, 5.74) is 14.7. The van der Waals surface area contributed by atoms with Crippen LogP contribution in [0.2, 0.25) is 0 Å². The summed E-state index contributed by atoms with van der Waals surface area (Å²) in [7, 11) is -4.82. The van der Waals surface area contributed by atoms with Gasteiger partial charge < -0.3 is 40.8 Å². The third-order valence-electron chi connectivity index (χ3n) is 13.3. The van der Waals surface area contributed by atoms with Crippen molar-refractivity contribution in [2.24, 2.45) is 34.2 Å². The summed E-state index contributed by atoms with van der Waals surface area (Å²) in [5.74, 6) is 5.50. The van der Waals surface area contributed by atoms with Crippen LogP contribution >= 0.6 is 0 Å². The van der Waals surface area contributed by atoms with Gasteiger partial charge >= 0.3 is 29.6 Å². The van der Waals surface area contributed by atoms with Crippen LogP contribution in [0.1, 0.15) is 117 Å². The molecular weight excluding hydrogens is 778 g/mol. The number of allylic oxidation sites excluding steroid dienone is 1. The van der Waals surface area contributed by atoms with Crippen molar-refractivity contribution in [1.29, 1.82) is 0 Å². The Morgan fingerprint density at radius 2 is 1.73 bits per heavy atom. The second-order valence-electron chi connectivity index (χ2n) is 17.3. The molecule has 8 aliphatic rings. The third kappa shape index (κ3) is 9.58. The Morgan fingerprint density at radius 3 is 2.42 bits per heavy atom. The number of phenolic OH excluding ortho intramolecular Hbond substituents is 1. The molecule has 13 heteroatoms. The van der Waals surface area contributed by atoms with E-state index in [4.69, 9.17) is 25.9 Å². The average molecular weight is 832 g/mol. The molecule has 0 aromatic heterocycles. The van der Waals surface area contributed by atoms with Crippen molar-refractivity contribution in [2.45, 2.75) is 118 Å². The molecule has 8 bridgehead atoms. The molecule has 8 atom stereocenters. The standard InChI is InChI=1S/C46H55N3O8S.Na/c47-44(48)49-46(22-21-45(52)19-2-1-3-20-45)35-12-10-31(11-13-35)42-33-24-34(27-40(42)41(58(53,54)55)18-9-29-7-15-37(57-46)16-8-29)43-39-17-14-36(51)25-32(39)6-4-5-30(28-50)23-38(26-33)56-43;/h7-8,10-17,25,27,30,33,38,40-43,50-52H,1-3,5,9,18-24,26,28H2,(H4,47,48,49)(H,53,54,55);/q;+1/p-1/t30-,33+,38-,40+,41+,42+,43+,46-;/m0./s1. The van der Waals surface area contributed by atoms with E-state index >= 15 is 0 Å². The number of nitrogens with zero attached hydrogens (tertiary/aromatic N) is 1. The van der Waals surface area contributed by atoms with Crippen molar-refractivity contribution in [2.75, 3.05) is 6.61 Å². The Labute approximate surface area is 369 Å². The Kier molecular flexibility index (Phi) is 13.3. The van der Waals surface area contributed by atoms with Gasteiger partial charge in [-0.2, -0.15) is 0 Å². The van der Waals surface area contributed by atoms with Gasteiger partial charge in [-0.3, -0.25) is 0 Å². The zero-order valence-electron chi connectivity index (χ0n) is 33.8. The molecule has 2 fully saturated rings. The Morgan fingerprint density at radius 1 is 0.983 bits per heavy atom. The average Bonchev–Trinajstić information content (AvgIpc) is 3.32. The second-order valence-corrected chi connectivity index (χ2v) is 18.9. The molecule has 11 nitrogen and oxygen atoms in total. The predicted octanol–water partition coefficient (Wildman–Crippen LogP) is 3.17. The van der Waals surface area contributed by atoms with Gasteiger partial charge in [0.2, 0.25) is 5.72 Å². The van der Waals surface area contributed by atoms with Crippen molar-refractivity contribution in [3.8, 4) is 23.3 Å². The van der Waals surface area contributed by atoms with Gasteiger partial charge in [0, 0.05) is 36.1 Å². The minimum absolute atomic E-state index is 0. The maximum atomic E-state index is 13.5. The number of nitrogens with two attached hydrogens (primary N) is 2. The summed E-state index contributed by atoms with van der Waals surface area (Å²) >= 11 is 0. The number of hydrogen-bond donors (Lipinski definition) is 5. The van der Waals surface area contributed by atoms with Gasteiger partial charge in [0.15, 0.2) is 5.96 Å². The van der Waals surface area contributed by atoms with Crippen LogP contribution in [0.4, 0.5) is 0 Å². The van der Waals surface area contributed by atoms with Crippen LogP contribution in [-0.4, -0.2) is 57.8 Å². The number of guanidine groups is 1. The number of benzene rings is 3. The SMILES string of the molecule is NC(N)=N[C@@]1(CCC2(O)CCCCC2)Oc2ccc(cc2)CC[C@@H](S(=O)(=O)[O-])[C@H]2C=C3C[C@H](C[C@@H]4C[C@@H](CO)CC#Cc5cc(O)ccc5[C@@H]3O4)[C@H]2c2ccc1cc2.[Na+]. The number of ether oxygens (including phenoxy) is 2. The summed E-state index contributed by atoms with van der Waals surface area (Å²) in [6.45, 7) is -0.0681. The molecule has 308 valence electrons. The Balaban J connectivity index is 0.00000528. The van der Waals surface area contributed by atoms with E-state index in [9.17, 15) is 28.3 Å². The maximum absolute atomic E-state index is 13.5. The molecule has 7 N–H and O–H groups in total. The molecule has 0 amide bonds. The summed E-state index contributed by atoms with van der Waals surface area (Å²) in [6.07, 6.45) is 8.78. The second kappa shape index (κ2) is 17.9. The largest absolute Gasteiger partial charge is 1.00 e. The minimum atomic E-state index is -4.82. The van der Waals surface area contributed by atoms with Crippen LogP contribution in [0.25, 0.3) is 0 Å². The van der Waals surface area contributed by atoms with E-state index in [1.54, 1.807) is 12.1 Å². The van der Waals surface area contributed by atoms with Crippen LogP contribution in [-0.2, 0) is 27.0 Å². The molecule has 0 spiro atoms. The van der Waals surface area contributed by atoms with Gasteiger partial charge in [0.05, 0.1) is 27.1 Å². The molecule has 3 aromatic carbocycles. The first kappa shape index (κ1) is 43.7. The van der Waals surface area contributed by atoms with Crippen LogP contribution in [0.3, 0.4) is 0 Å². The topological polar surface area (TPSA) is 201 Å². The van der Waals surface area contributed by atoms with Gasteiger partial charge in [-0.15, -0.1) is 0 Å². The first-order chi connectivity index (χ1) is 27.8. The Hall–Kier alpha value is -3.38. The summed E-state index contributed by atoms with van der Waals surface area (Å²) in [5, 5.41) is 31.3. The van der Waals surface area contributed by atoms with Crippen molar-refractivity contribution in [3.63, 3.8) is 0 Å². The molecular formula is C46H54N3NaO8S. The van der Waals surface area contributed by atoms with Crippen molar-refractivity contribution < 1.29 is 67.3 Å². The van der Waals surface area contributed by atoms with E-state index < -0.39 is 38.7 Å². The van der Waals surface area contributed by atoms with Crippen LogP contribution in [0.5, 0.6) is 11.5 Å². The normalized spacial score (nSPS) is 29.8. The maximum Gasteiger partial charge on any atom is 1.00 e. The first-order valence-electron chi connectivity index (χ1n) is 20.8. The predicted molar refractivity (Wildman–Crippen MR) is 220 cm³/mol. The summed E-state index contributed by atoms with van der Waals surface area (Å²) in [4.78, 5) is 4.76.